The van der Waals surface area contributed by atoms with E-state index in [0.717, 1.165) is 28.4 Å². The summed E-state index contributed by atoms with van der Waals surface area (Å²) in [5.41, 5.74) is 1.92. The number of nitrogens with zero attached hydrogens (tertiary/aromatic N) is 2. The van der Waals surface area contributed by atoms with E-state index in [1.54, 1.807) is 6.07 Å². The predicted octanol–water partition coefficient (Wildman–Crippen LogP) is 4.00. The van der Waals surface area contributed by atoms with Crippen LogP contribution in [0.1, 0.15) is 24.0 Å². The third-order valence-electron chi connectivity index (χ3n) is 6.70. The molecule has 1 heterocycles. The van der Waals surface area contributed by atoms with Crippen LogP contribution in [0.25, 0.3) is 0 Å². The topological polar surface area (TPSA) is 114 Å². The zero-order chi connectivity index (χ0) is 29.6. The Bertz CT molecular complexity index is 1510. The van der Waals surface area contributed by atoms with Crippen molar-refractivity contribution in [2.45, 2.75) is 30.8 Å². The average Bonchev–Trinajstić information content (AvgIpc) is 3.38. The van der Waals surface area contributed by atoms with Gasteiger partial charge in [-0.3, -0.25) is 13.9 Å². The van der Waals surface area contributed by atoms with Crippen LogP contribution in [0.2, 0.25) is 5.02 Å². The summed E-state index contributed by atoms with van der Waals surface area (Å²) in [5.74, 6) is 0.411. The number of nitrogens with one attached hydrogen (secondary N) is 1. The van der Waals surface area contributed by atoms with Crippen molar-refractivity contribution in [2.75, 3.05) is 38.7 Å². The van der Waals surface area contributed by atoms with Crippen LogP contribution in [0.3, 0.4) is 0 Å². The smallest absolute Gasteiger partial charge is 0.265 e. The number of hydrogen-bond acceptors (Lipinski definition) is 7. The third-order valence-corrected chi connectivity index (χ3v) is 8.69. The fourth-order valence-electron chi connectivity index (χ4n) is 4.50. The van der Waals surface area contributed by atoms with Gasteiger partial charge in [-0.1, -0.05) is 35.9 Å². The number of benzene rings is 3. The summed E-state index contributed by atoms with van der Waals surface area (Å²) in [5, 5.41) is 3.06. The molecule has 3 aromatic rings. The Morgan fingerprint density at radius 3 is 2.22 bits per heavy atom. The molecule has 218 valence electrons. The van der Waals surface area contributed by atoms with Crippen molar-refractivity contribution < 1.29 is 32.2 Å². The summed E-state index contributed by atoms with van der Waals surface area (Å²) < 4.78 is 44.7. The second-order valence-electron chi connectivity index (χ2n) is 9.36. The SMILES string of the molecule is COc1ccc(S(=O)(=O)N(CC(=O)NCc2ccc(CN3CCCC3=O)cc2)c2cc(Cl)ccc2OC)cc1OC. The van der Waals surface area contributed by atoms with Gasteiger partial charge in [0.25, 0.3) is 10.0 Å². The molecule has 2 amide bonds. The number of halogens is 1. The molecule has 1 N–H and O–H groups in total. The van der Waals surface area contributed by atoms with Crippen molar-refractivity contribution >= 4 is 39.1 Å². The van der Waals surface area contributed by atoms with Gasteiger partial charge in [0.1, 0.15) is 12.3 Å². The molecule has 0 aliphatic carbocycles. The number of sulfonamides is 1. The molecule has 3 aromatic carbocycles. The van der Waals surface area contributed by atoms with Gasteiger partial charge in [-0.15, -0.1) is 0 Å². The Hall–Kier alpha value is -3.96. The van der Waals surface area contributed by atoms with Crippen molar-refractivity contribution in [2.24, 2.45) is 0 Å². The van der Waals surface area contributed by atoms with Crippen molar-refractivity contribution in [3.05, 3.63) is 76.8 Å². The Morgan fingerprint density at radius 1 is 0.927 bits per heavy atom. The minimum Gasteiger partial charge on any atom is -0.495 e. The van der Waals surface area contributed by atoms with E-state index >= 15 is 0 Å². The zero-order valence-electron chi connectivity index (χ0n) is 23.1. The van der Waals surface area contributed by atoms with Crippen LogP contribution in [-0.4, -0.2) is 59.6 Å². The lowest BCUT2D eigenvalue weighted by atomic mass is 10.1. The number of rotatable bonds is 12. The Kier molecular flexibility index (Phi) is 9.61. The second kappa shape index (κ2) is 13.1. The standard InChI is InChI=1S/C29H32ClN3O7S/c1-38-25-12-10-22(30)15-24(25)33(41(36,37)23-11-13-26(39-2)27(16-23)40-3)19-28(34)31-17-20-6-8-21(9-7-20)18-32-14-4-5-29(32)35/h6-13,15-16H,4-5,14,17-19H2,1-3H3,(H,31,34). The first-order valence-electron chi connectivity index (χ1n) is 12.9. The maximum absolute atomic E-state index is 13.9. The molecule has 12 heteroatoms. The fraction of sp³-hybridized carbons (Fsp3) is 0.310. The first kappa shape index (κ1) is 30.0. The summed E-state index contributed by atoms with van der Waals surface area (Å²) in [6.07, 6.45) is 1.46. The van der Waals surface area contributed by atoms with Gasteiger partial charge in [0.05, 0.1) is 31.9 Å². The Balaban J connectivity index is 1.55. The van der Waals surface area contributed by atoms with Crippen LogP contribution >= 0.6 is 11.6 Å². The molecule has 0 radical (unpaired) electrons. The van der Waals surface area contributed by atoms with Gasteiger partial charge in [-0.2, -0.15) is 0 Å². The normalized spacial score (nSPS) is 13.2. The zero-order valence-corrected chi connectivity index (χ0v) is 24.6. The van der Waals surface area contributed by atoms with Gasteiger partial charge in [-0.05, 0) is 47.9 Å². The summed E-state index contributed by atoms with van der Waals surface area (Å²) in [7, 11) is -0.0478. The Morgan fingerprint density at radius 2 is 1.59 bits per heavy atom. The van der Waals surface area contributed by atoms with E-state index < -0.39 is 22.5 Å². The second-order valence-corrected chi connectivity index (χ2v) is 11.7. The van der Waals surface area contributed by atoms with Gasteiger partial charge >= 0.3 is 0 Å². The largest absolute Gasteiger partial charge is 0.495 e. The summed E-state index contributed by atoms with van der Waals surface area (Å²) in [6, 6.07) is 16.3. The molecule has 1 saturated heterocycles. The molecule has 0 spiro atoms. The van der Waals surface area contributed by atoms with Gasteiger partial charge in [0.2, 0.25) is 11.8 Å². The summed E-state index contributed by atoms with van der Waals surface area (Å²) in [4.78, 5) is 26.8. The van der Waals surface area contributed by atoms with Crippen LogP contribution < -0.4 is 23.8 Å². The number of amides is 2. The summed E-state index contributed by atoms with van der Waals surface area (Å²) in [6.45, 7) is 0.952. The highest BCUT2D eigenvalue weighted by atomic mass is 35.5. The first-order chi connectivity index (χ1) is 19.7. The molecule has 1 aliphatic heterocycles. The van der Waals surface area contributed by atoms with Gasteiger partial charge in [0.15, 0.2) is 11.5 Å². The number of hydrogen-bond donors (Lipinski definition) is 1. The third kappa shape index (κ3) is 7.04. The lowest BCUT2D eigenvalue weighted by Gasteiger charge is -2.26. The van der Waals surface area contributed by atoms with E-state index in [1.165, 1.54) is 51.7 Å². The quantitative estimate of drug-likeness (QED) is 0.334. The molecule has 0 bridgehead atoms. The molecular weight excluding hydrogens is 570 g/mol. The molecule has 0 unspecified atom stereocenters. The van der Waals surface area contributed by atoms with Crippen molar-refractivity contribution in [3.63, 3.8) is 0 Å². The minimum atomic E-state index is -4.29. The molecule has 0 saturated carbocycles. The lowest BCUT2D eigenvalue weighted by Crippen LogP contribution is -2.41. The molecule has 1 fully saturated rings. The minimum absolute atomic E-state index is 0.103. The van der Waals surface area contributed by atoms with Crippen LogP contribution in [0.5, 0.6) is 17.2 Å². The molecule has 4 rings (SSSR count). The molecule has 10 nitrogen and oxygen atoms in total. The Labute approximate surface area is 244 Å². The summed E-state index contributed by atoms with van der Waals surface area (Å²) >= 11 is 6.22. The maximum Gasteiger partial charge on any atom is 0.265 e. The van der Waals surface area contributed by atoms with Crippen LogP contribution in [0.4, 0.5) is 5.69 Å². The number of likely N-dealkylation sites (tertiary alicyclic amines) is 1. The van der Waals surface area contributed by atoms with Crippen molar-refractivity contribution in [1.29, 1.82) is 0 Å². The molecular formula is C29H32ClN3O7S. The van der Waals surface area contributed by atoms with Crippen LogP contribution in [0, 0.1) is 0 Å². The van der Waals surface area contributed by atoms with Gasteiger partial charge in [0, 0.05) is 37.1 Å². The molecule has 0 aromatic heterocycles. The number of methoxy groups -OCH3 is 3. The van der Waals surface area contributed by atoms with E-state index in [0.29, 0.717) is 18.7 Å². The van der Waals surface area contributed by atoms with Crippen molar-refractivity contribution in [3.8, 4) is 17.2 Å². The van der Waals surface area contributed by atoms with Gasteiger partial charge in [-0.25, -0.2) is 8.42 Å². The molecule has 41 heavy (non-hydrogen) atoms. The van der Waals surface area contributed by atoms with Crippen LogP contribution in [-0.2, 0) is 32.7 Å². The molecule has 0 atom stereocenters. The highest BCUT2D eigenvalue weighted by molar-refractivity contribution is 7.92. The number of carbonyl (C=O) groups is 2. The average molecular weight is 602 g/mol. The fourth-order valence-corrected chi connectivity index (χ4v) is 6.11. The lowest BCUT2D eigenvalue weighted by molar-refractivity contribution is -0.128. The van der Waals surface area contributed by atoms with Gasteiger partial charge < -0.3 is 24.4 Å². The van der Waals surface area contributed by atoms with E-state index in [4.69, 9.17) is 25.8 Å². The van der Waals surface area contributed by atoms with E-state index in [9.17, 15) is 18.0 Å². The number of carbonyl (C=O) groups excluding carboxylic acids is 2. The monoisotopic (exact) mass is 601 g/mol. The predicted molar refractivity (Wildman–Crippen MR) is 155 cm³/mol. The van der Waals surface area contributed by atoms with Crippen molar-refractivity contribution in [1.82, 2.24) is 10.2 Å². The van der Waals surface area contributed by atoms with E-state index in [-0.39, 0.29) is 39.6 Å². The highest BCUT2D eigenvalue weighted by Gasteiger charge is 2.31. The number of anilines is 1. The first-order valence-corrected chi connectivity index (χ1v) is 14.7. The highest BCUT2D eigenvalue weighted by Crippen LogP contribution is 2.37. The van der Waals surface area contributed by atoms with Crippen LogP contribution in [0.15, 0.2) is 65.6 Å². The van der Waals surface area contributed by atoms with E-state index in [1.807, 2.05) is 29.2 Å². The maximum atomic E-state index is 13.9. The van der Waals surface area contributed by atoms with E-state index in [2.05, 4.69) is 5.32 Å². The molecule has 1 aliphatic rings. The number of ether oxygens (including phenoxy) is 3.